The van der Waals surface area contributed by atoms with Crippen molar-refractivity contribution in [1.29, 1.82) is 0 Å². The predicted octanol–water partition coefficient (Wildman–Crippen LogP) is 2.01. The molecule has 0 radical (unpaired) electrons. The van der Waals surface area contributed by atoms with Crippen LogP contribution in [0.4, 0.5) is 14.6 Å². The maximum Gasteiger partial charge on any atom is 0.184 e. The lowest BCUT2D eigenvalue weighted by atomic mass is 10.2. The van der Waals surface area contributed by atoms with Crippen LogP contribution < -0.4 is 5.73 Å². The summed E-state index contributed by atoms with van der Waals surface area (Å²) in [6.45, 7) is 0. The SMILES string of the molecule is Nc1nnn(-c2cccc(F)c2F)c1C1CC1. The van der Waals surface area contributed by atoms with E-state index >= 15 is 0 Å². The second-order valence-corrected chi connectivity index (χ2v) is 4.12. The van der Waals surface area contributed by atoms with E-state index in [1.165, 1.54) is 16.8 Å². The lowest BCUT2D eigenvalue weighted by Gasteiger charge is -2.07. The maximum atomic E-state index is 13.7. The number of rotatable bonds is 2. The molecule has 2 N–H and O–H groups in total. The monoisotopic (exact) mass is 236 g/mol. The zero-order valence-corrected chi connectivity index (χ0v) is 8.90. The molecule has 2 aromatic rings. The Balaban J connectivity index is 2.18. The summed E-state index contributed by atoms with van der Waals surface area (Å²) in [6.07, 6.45) is 1.96. The lowest BCUT2D eigenvalue weighted by molar-refractivity contribution is 0.499. The molecule has 88 valence electrons. The van der Waals surface area contributed by atoms with Gasteiger partial charge in [-0.05, 0) is 25.0 Å². The fourth-order valence-corrected chi connectivity index (χ4v) is 1.87. The summed E-state index contributed by atoms with van der Waals surface area (Å²) in [4.78, 5) is 0. The third kappa shape index (κ3) is 1.56. The molecule has 1 aliphatic carbocycles. The van der Waals surface area contributed by atoms with Gasteiger partial charge in [-0.1, -0.05) is 11.3 Å². The molecule has 0 atom stereocenters. The van der Waals surface area contributed by atoms with E-state index in [4.69, 9.17) is 5.73 Å². The molecule has 0 spiro atoms. The first-order valence-corrected chi connectivity index (χ1v) is 5.34. The van der Waals surface area contributed by atoms with Gasteiger partial charge in [0.15, 0.2) is 17.5 Å². The maximum absolute atomic E-state index is 13.7. The first-order chi connectivity index (χ1) is 8.18. The third-order valence-electron chi connectivity index (χ3n) is 2.86. The number of nitrogens with two attached hydrogens (primary N) is 1. The molecule has 17 heavy (non-hydrogen) atoms. The second-order valence-electron chi connectivity index (χ2n) is 4.12. The molecule has 0 bridgehead atoms. The number of halogens is 2. The van der Waals surface area contributed by atoms with E-state index in [1.54, 1.807) is 0 Å². The molecule has 1 saturated carbocycles. The van der Waals surface area contributed by atoms with Crippen molar-refractivity contribution in [2.75, 3.05) is 5.73 Å². The third-order valence-corrected chi connectivity index (χ3v) is 2.86. The number of benzene rings is 1. The largest absolute Gasteiger partial charge is 0.381 e. The molecular weight excluding hydrogens is 226 g/mol. The standard InChI is InChI=1S/C11H10F2N4/c12-7-2-1-3-8(9(7)13)17-10(6-4-5-6)11(14)15-16-17/h1-3,6H,4-5,14H2. The highest BCUT2D eigenvalue weighted by molar-refractivity contribution is 5.45. The molecule has 1 fully saturated rings. The van der Waals surface area contributed by atoms with Gasteiger partial charge in [0, 0.05) is 5.92 Å². The molecule has 1 aromatic heterocycles. The van der Waals surface area contributed by atoms with Crippen molar-refractivity contribution in [2.45, 2.75) is 18.8 Å². The first-order valence-electron chi connectivity index (χ1n) is 5.34. The van der Waals surface area contributed by atoms with Gasteiger partial charge in [0.1, 0.15) is 5.69 Å². The number of anilines is 1. The minimum atomic E-state index is -0.931. The Labute approximate surface area is 96.0 Å². The summed E-state index contributed by atoms with van der Waals surface area (Å²) in [5.41, 5.74) is 6.42. The van der Waals surface area contributed by atoms with Gasteiger partial charge < -0.3 is 5.73 Å². The zero-order chi connectivity index (χ0) is 12.0. The minimum Gasteiger partial charge on any atom is -0.381 e. The van der Waals surface area contributed by atoms with Crippen LogP contribution in [0.1, 0.15) is 24.5 Å². The van der Waals surface area contributed by atoms with Crippen LogP contribution in [0.5, 0.6) is 0 Å². The topological polar surface area (TPSA) is 56.7 Å². The summed E-state index contributed by atoms with van der Waals surface area (Å²) in [5, 5.41) is 7.51. The van der Waals surface area contributed by atoms with Crippen molar-refractivity contribution in [3.05, 3.63) is 35.5 Å². The van der Waals surface area contributed by atoms with Crippen LogP contribution in [-0.4, -0.2) is 15.0 Å². The summed E-state index contributed by atoms with van der Waals surface area (Å²) >= 11 is 0. The normalized spacial score (nSPS) is 15.2. The molecule has 0 saturated heterocycles. The van der Waals surface area contributed by atoms with Gasteiger partial charge in [0.25, 0.3) is 0 Å². The summed E-state index contributed by atoms with van der Waals surface area (Å²) in [6, 6.07) is 3.95. The molecule has 6 heteroatoms. The number of nitrogen functional groups attached to an aromatic ring is 1. The fraction of sp³-hybridized carbons (Fsp3) is 0.273. The van der Waals surface area contributed by atoms with E-state index in [9.17, 15) is 8.78 Å². The number of nitrogens with zero attached hydrogens (tertiary/aromatic N) is 3. The molecule has 0 aliphatic heterocycles. The average molecular weight is 236 g/mol. The van der Waals surface area contributed by atoms with E-state index in [-0.39, 0.29) is 17.4 Å². The number of hydrogen-bond acceptors (Lipinski definition) is 3. The average Bonchev–Trinajstić information content (AvgIpc) is 3.07. The molecular formula is C11H10F2N4. The van der Waals surface area contributed by atoms with Gasteiger partial charge in [-0.15, -0.1) is 5.10 Å². The van der Waals surface area contributed by atoms with E-state index in [0.717, 1.165) is 18.9 Å². The smallest absolute Gasteiger partial charge is 0.184 e. The fourth-order valence-electron chi connectivity index (χ4n) is 1.87. The van der Waals surface area contributed by atoms with Crippen LogP contribution in [0.3, 0.4) is 0 Å². The van der Waals surface area contributed by atoms with E-state index in [1.807, 2.05) is 0 Å². The highest BCUT2D eigenvalue weighted by Gasteiger charge is 2.31. The molecule has 0 unspecified atom stereocenters. The summed E-state index contributed by atoms with van der Waals surface area (Å²) in [5.74, 6) is -1.29. The van der Waals surface area contributed by atoms with Crippen LogP contribution in [0.15, 0.2) is 18.2 Å². The summed E-state index contributed by atoms with van der Waals surface area (Å²) in [7, 11) is 0. The minimum absolute atomic E-state index is 0.0519. The van der Waals surface area contributed by atoms with Crippen LogP contribution in [0, 0.1) is 11.6 Å². The summed E-state index contributed by atoms with van der Waals surface area (Å²) < 4.78 is 28.1. The second kappa shape index (κ2) is 3.51. The Hall–Kier alpha value is -1.98. The van der Waals surface area contributed by atoms with E-state index in [0.29, 0.717) is 5.69 Å². The van der Waals surface area contributed by atoms with Crippen LogP contribution in [-0.2, 0) is 0 Å². The zero-order valence-electron chi connectivity index (χ0n) is 8.90. The predicted molar refractivity (Wildman–Crippen MR) is 57.7 cm³/mol. The Morgan fingerprint density at radius 2 is 2.06 bits per heavy atom. The van der Waals surface area contributed by atoms with Crippen LogP contribution in [0.2, 0.25) is 0 Å². The van der Waals surface area contributed by atoms with Crippen LogP contribution >= 0.6 is 0 Å². The lowest BCUT2D eigenvalue weighted by Crippen LogP contribution is -2.06. The van der Waals surface area contributed by atoms with Gasteiger partial charge in [0.2, 0.25) is 0 Å². The first kappa shape index (κ1) is 10.2. The highest BCUT2D eigenvalue weighted by atomic mass is 19.2. The van der Waals surface area contributed by atoms with Crippen molar-refractivity contribution in [3.8, 4) is 5.69 Å². The number of hydrogen-bond donors (Lipinski definition) is 1. The van der Waals surface area contributed by atoms with Gasteiger partial charge in [-0.2, -0.15) is 0 Å². The van der Waals surface area contributed by atoms with E-state index in [2.05, 4.69) is 10.3 Å². The van der Waals surface area contributed by atoms with Gasteiger partial charge >= 0.3 is 0 Å². The molecule has 0 amide bonds. The molecule has 4 nitrogen and oxygen atoms in total. The van der Waals surface area contributed by atoms with Crippen molar-refractivity contribution in [3.63, 3.8) is 0 Å². The Morgan fingerprint density at radius 1 is 1.29 bits per heavy atom. The quantitative estimate of drug-likeness (QED) is 0.867. The molecule has 1 aliphatic rings. The van der Waals surface area contributed by atoms with Gasteiger partial charge in [-0.3, -0.25) is 0 Å². The van der Waals surface area contributed by atoms with E-state index < -0.39 is 11.6 Å². The molecule has 1 heterocycles. The van der Waals surface area contributed by atoms with Crippen LogP contribution in [0.25, 0.3) is 5.69 Å². The molecule has 3 rings (SSSR count). The van der Waals surface area contributed by atoms with Crippen molar-refractivity contribution in [2.24, 2.45) is 0 Å². The van der Waals surface area contributed by atoms with Gasteiger partial charge in [-0.25, -0.2) is 13.5 Å². The Bertz CT molecular complexity index is 575. The number of aromatic nitrogens is 3. The Kier molecular flexibility index (Phi) is 2.10. The van der Waals surface area contributed by atoms with Crippen molar-refractivity contribution in [1.82, 2.24) is 15.0 Å². The van der Waals surface area contributed by atoms with Gasteiger partial charge in [0.05, 0.1) is 5.69 Å². The Morgan fingerprint density at radius 3 is 2.76 bits per heavy atom. The van der Waals surface area contributed by atoms with Crippen molar-refractivity contribution >= 4 is 5.82 Å². The van der Waals surface area contributed by atoms with Crippen molar-refractivity contribution < 1.29 is 8.78 Å². The highest BCUT2D eigenvalue weighted by Crippen LogP contribution is 2.42. The molecule has 1 aromatic carbocycles.